The number of para-hydroxylation sites is 1. The van der Waals surface area contributed by atoms with Crippen molar-refractivity contribution in [1.29, 1.82) is 0 Å². The zero-order valence-electron chi connectivity index (χ0n) is 40.7. The molecule has 0 fully saturated rings. The maximum atomic E-state index is 6.25. The predicted molar refractivity (Wildman–Crippen MR) is 264 cm³/mol. The molecule has 0 saturated heterocycles. The minimum Gasteiger partial charge on any atom is -0.427 e. The Morgan fingerprint density at radius 3 is 0.983 bits per heavy atom. The van der Waals surface area contributed by atoms with Crippen LogP contribution >= 0.6 is 8.60 Å². The van der Waals surface area contributed by atoms with Crippen molar-refractivity contribution in [3.63, 3.8) is 0 Å². The molecule has 354 valence electrons. The van der Waals surface area contributed by atoms with Crippen LogP contribution in [0.25, 0.3) is 0 Å². The number of benzene rings is 1. The molecule has 5 nitrogen and oxygen atoms in total. The summed E-state index contributed by atoms with van der Waals surface area (Å²) in [5.74, 6) is 0.827. The maximum absolute atomic E-state index is 6.25. The van der Waals surface area contributed by atoms with Gasteiger partial charge < -0.3 is 23.0 Å². The molecule has 0 amide bonds. The Balaban J connectivity index is 2.02. The highest BCUT2D eigenvalue weighted by atomic mass is 31.2. The van der Waals surface area contributed by atoms with Crippen molar-refractivity contribution in [3.8, 4) is 5.75 Å². The van der Waals surface area contributed by atoms with E-state index in [1.807, 2.05) is 30.3 Å². The van der Waals surface area contributed by atoms with Gasteiger partial charge in [-0.25, -0.2) is 0 Å². The van der Waals surface area contributed by atoms with Crippen molar-refractivity contribution in [2.75, 3.05) is 26.4 Å². The summed E-state index contributed by atoms with van der Waals surface area (Å²) in [4.78, 5) is 0. The van der Waals surface area contributed by atoms with Crippen LogP contribution in [-0.2, 0) is 18.5 Å². The zero-order valence-corrected chi connectivity index (χ0v) is 41.6. The van der Waals surface area contributed by atoms with Gasteiger partial charge in [-0.15, -0.1) is 0 Å². The molecule has 0 radical (unpaired) electrons. The molecule has 60 heavy (non-hydrogen) atoms. The highest BCUT2D eigenvalue weighted by Gasteiger charge is 2.15. The summed E-state index contributed by atoms with van der Waals surface area (Å²) in [6.07, 6.45) is 51.0. The first-order valence-electron chi connectivity index (χ1n) is 26.8. The molecular formula is C54H103O5P. The Morgan fingerprint density at radius 2 is 0.650 bits per heavy atom. The third kappa shape index (κ3) is 40.1. The fourth-order valence-electron chi connectivity index (χ4n) is 8.14. The first kappa shape index (κ1) is 57.3. The first-order valence-corrected chi connectivity index (χ1v) is 27.8. The zero-order chi connectivity index (χ0) is 43.1. The summed E-state index contributed by atoms with van der Waals surface area (Å²) < 4.78 is 31.0. The summed E-state index contributed by atoms with van der Waals surface area (Å²) in [6, 6.07) is 10.0. The molecule has 0 aliphatic heterocycles. The Morgan fingerprint density at radius 1 is 0.350 bits per heavy atom. The van der Waals surface area contributed by atoms with Gasteiger partial charge in [-0.1, -0.05) is 239 Å². The van der Waals surface area contributed by atoms with Crippen molar-refractivity contribution in [2.45, 2.75) is 284 Å². The fraction of sp³-hybridized carbons (Fsp3) is 0.889. The summed E-state index contributed by atoms with van der Waals surface area (Å²) in [5, 5.41) is 0. The predicted octanol–water partition coefficient (Wildman–Crippen LogP) is 19.0. The molecule has 1 aromatic carbocycles. The smallest absolute Gasteiger partial charge is 0.397 e. The largest absolute Gasteiger partial charge is 0.427 e. The molecule has 1 aromatic rings. The molecule has 2 atom stereocenters. The van der Waals surface area contributed by atoms with Gasteiger partial charge in [-0.3, -0.25) is 0 Å². The monoisotopic (exact) mass is 863 g/mol. The van der Waals surface area contributed by atoms with Crippen LogP contribution in [0.3, 0.4) is 0 Å². The third-order valence-electron chi connectivity index (χ3n) is 12.3. The molecule has 0 aliphatic rings. The lowest BCUT2D eigenvalue weighted by Gasteiger charge is -2.17. The molecule has 6 heteroatoms. The highest BCUT2D eigenvalue weighted by molar-refractivity contribution is 7.42. The summed E-state index contributed by atoms with van der Waals surface area (Å²) in [7, 11) is -1.37. The van der Waals surface area contributed by atoms with Crippen molar-refractivity contribution in [1.82, 2.24) is 0 Å². The first-order chi connectivity index (χ1) is 29.7. The molecule has 0 aromatic heterocycles. The standard InChI is InChI=1S/C54H103O5P/c1-5-9-11-13-15-17-19-25-31-40-48-55-52(7-3)44-36-29-23-21-27-33-42-50-57-60(59-54-46-38-35-39-47-54)58-51-43-34-28-22-24-30-37-45-53(8-4)56-49-41-32-26-20-18-16-14-12-10-6-2/h35,38-39,46-47,52-53H,5-34,36-37,40-45,48-51H2,1-4H3. The molecule has 0 aliphatic carbocycles. The highest BCUT2D eigenvalue weighted by Crippen LogP contribution is 2.41. The maximum Gasteiger partial charge on any atom is 0.397 e. The minimum atomic E-state index is -1.37. The van der Waals surface area contributed by atoms with Crippen LogP contribution in [0.15, 0.2) is 30.3 Å². The minimum absolute atomic E-state index is 0.458. The van der Waals surface area contributed by atoms with E-state index in [0.717, 1.165) is 44.6 Å². The van der Waals surface area contributed by atoms with Gasteiger partial charge in [0, 0.05) is 13.2 Å². The lowest BCUT2D eigenvalue weighted by Crippen LogP contribution is -2.12. The molecule has 0 N–H and O–H groups in total. The van der Waals surface area contributed by atoms with Crippen molar-refractivity contribution in [2.24, 2.45) is 0 Å². The summed E-state index contributed by atoms with van der Waals surface area (Å²) in [5.41, 5.74) is 0. The van der Waals surface area contributed by atoms with E-state index in [4.69, 9.17) is 23.0 Å². The molecule has 2 unspecified atom stereocenters. The van der Waals surface area contributed by atoms with E-state index < -0.39 is 8.60 Å². The van der Waals surface area contributed by atoms with Crippen molar-refractivity contribution in [3.05, 3.63) is 30.3 Å². The number of ether oxygens (including phenoxy) is 2. The molecule has 0 saturated carbocycles. The van der Waals surface area contributed by atoms with E-state index in [9.17, 15) is 0 Å². The van der Waals surface area contributed by atoms with Gasteiger partial charge in [-0.05, 0) is 63.5 Å². The topological polar surface area (TPSA) is 46.2 Å². The lowest BCUT2D eigenvalue weighted by molar-refractivity contribution is 0.0405. The molecule has 1 rings (SSSR count). The number of unbranched alkanes of at least 4 members (excludes halogenated alkanes) is 30. The Bertz CT molecular complexity index is 880. The van der Waals surface area contributed by atoms with E-state index in [0.29, 0.717) is 25.4 Å². The number of hydrogen-bond acceptors (Lipinski definition) is 5. The van der Waals surface area contributed by atoms with E-state index >= 15 is 0 Å². The van der Waals surface area contributed by atoms with Gasteiger partial charge in [0.1, 0.15) is 5.75 Å². The van der Waals surface area contributed by atoms with Crippen LogP contribution in [0, 0.1) is 0 Å². The van der Waals surface area contributed by atoms with E-state index in [2.05, 4.69) is 27.7 Å². The quantitative estimate of drug-likeness (QED) is 0.0482. The van der Waals surface area contributed by atoms with E-state index in [1.54, 1.807) is 0 Å². The third-order valence-corrected chi connectivity index (χ3v) is 13.4. The Labute approximate surface area is 376 Å². The Kier molecular flexibility index (Phi) is 45.6. The second-order valence-corrected chi connectivity index (χ2v) is 19.1. The normalized spacial score (nSPS) is 13.2. The molecular weight excluding hydrogens is 760 g/mol. The molecule has 0 spiro atoms. The van der Waals surface area contributed by atoms with E-state index in [-0.39, 0.29) is 0 Å². The number of hydrogen-bond donors (Lipinski definition) is 0. The van der Waals surface area contributed by atoms with Crippen LogP contribution in [0.4, 0.5) is 0 Å². The van der Waals surface area contributed by atoms with Crippen molar-refractivity contribution < 1.29 is 23.0 Å². The van der Waals surface area contributed by atoms with Gasteiger partial charge in [0.25, 0.3) is 0 Å². The van der Waals surface area contributed by atoms with Crippen LogP contribution < -0.4 is 4.52 Å². The molecule has 0 heterocycles. The average Bonchev–Trinajstić information content (AvgIpc) is 3.27. The van der Waals surface area contributed by atoms with Crippen molar-refractivity contribution >= 4 is 8.60 Å². The average molecular weight is 863 g/mol. The van der Waals surface area contributed by atoms with Crippen LogP contribution in [-0.4, -0.2) is 38.6 Å². The summed E-state index contributed by atoms with van der Waals surface area (Å²) in [6.45, 7) is 12.5. The second-order valence-electron chi connectivity index (χ2n) is 18.0. The van der Waals surface area contributed by atoms with Gasteiger partial charge in [-0.2, -0.15) is 0 Å². The van der Waals surface area contributed by atoms with Crippen LogP contribution in [0.1, 0.15) is 272 Å². The SMILES string of the molecule is CCCCCCCCCCCCOC(CC)CCCCCCCCCOP(OCCCCCCCCCC(CC)OCCCCCCCCCCCC)Oc1ccccc1. The van der Waals surface area contributed by atoms with E-state index in [1.165, 1.54) is 218 Å². The lowest BCUT2D eigenvalue weighted by atomic mass is 10.0. The van der Waals surface area contributed by atoms with Gasteiger partial charge in [0.05, 0.1) is 25.4 Å². The molecule has 0 bridgehead atoms. The van der Waals surface area contributed by atoms with Gasteiger partial charge >= 0.3 is 8.60 Å². The fourth-order valence-corrected chi connectivity index (χ4v) is 9.17. The van der Waals surface area contributed by atoms with Gasteiger partial charge in [0.2, 0.25) is 0 Å². The second kappa shape index (κ2) is 47.8. The summed E-state index contributed by atoms with van der Waals surface area (Å²) >= 11 is 0. The number of rotatable bonds is 50. The van der Waals surface area contributed by atoms with Crippen LogP contribution in [0.5, 0.6) is 5.75 Å². The van der Waals surface area contributed by atoms with Gasteiger partial charge in [0.15, 0.2) is 0 Å². The Hall–Kier alpha value is -0.710. The van der Waals surface area contributed by atoms with Crippen LogP contribution in [0.2, 0.25) is 0 Å².